The van der Waals surface area contributed by atoms with Crippen LogP contribution >= 0.6 is 23.2 Å². The van der Waals surface area contributed by atoms with Crippen LogP contribution in [-0.4, -0.2) is 58.9 Å². The van der Waals surface area contributed by atoms with Gasteiger partial charge in [-0.2, -0.15) is 0 Å². The van der Waals surface area contributed by atoms with Crippen molar-refractivity contribution < 1.29 is 9.84 Å². The number of fused-ring (bicyclic) bond motifs is 2. The molecule has 1 N–H and O–H groups in total. The maximum Gasteiger partial charge on any atom is 0.116 e. The van der Waals surface area contributed by atoms with Crippen molar-refractivity contribution in [3.8, 4) is 0 Å². The molecule has 24 heavy (non-hydrogen) atoms. The molecule has 5 atom stereocenters. The van der Waals surface area contributed by atoms with Gasteiger partial charge in [0, 0.05) is 41.4 Å². The van der Waals surface area contributed by atoms with E-state index in [9.17, 15) is 5.11 Å². The number of piperazine rings is 1. The maximum atomic E-state index is 10.4. The molecular weight excluding hydrogens is 347 g/mol. The van der Waals surface area contributed by atoms with Crippen LogP contribution in [0, 0.1) is 0 Å². The highest BCUT2D eigenvalue weighted by Gasteiger charge is 2.49. The van der Waals surface area contributed by atoms with Gasteiger partial charge in [0.2, 0.25) is 0 Å². The molecule has 0 bridgehead atoms. The molecule has 1 aromatic carbocycles. The number of halogens is 2. The number of benzene rings is 1. The number of rotatable bonds is 2. The van der Waals surface area contributed by atoms with Crippen LogP contribution < -0.4 is 0 Å². The summed E-state index contributed by atoms with van der Waals surface area (Å²) >= 11 is 12.5. The van der Waals surface area contributed by atoms with E-state index in [4.69, 9.17) is 27.9 Å². The first-order valence-corrected chi connectivity index (χ1v) is 9.21. The first kappa shape index (κ1) is 16.7. The highest BCUT2D eigenvalue weighted by molar-refractivity contribution is 6.33. The van der Waals surface area contributed by atoms with Crippen LogP contribution in [0.1, 0.15) is 25.5 Å². The molecule has 3 heterocycles. The zero-order valence-corrected chi connectivity index (χ0v) is 15.3. The third-order valence-electron chi connectivity index (χ3n) is 5.56. The second-order valence-electron chi connectivity index (χ2n) is 6.96. The molecule has 130 valence electrons. The minimum Gasteiger partial charge on any atom is -0.388 e. The van der Waals surface area contributed by atoms with E-state index in [0.29, 0.717) is 5.02 Å². The van der Waals surface area contributed by atoms with Gasteiger partial charge in [-0.15, -0.1) is 0 Å². The number of aliphatic hydroxyl groups is 1. The summed E-state index contributed by atoms with van der Waals surface area (Å²) < 4.78 is 5.59. The molecule has 4 rings (SSSR count). The Morgan fingerprint density at radius 3 is 2.88 bits per heavy atom. The highest BCUT2D eigenvalue weighted by Crippen LogP contribution is 2.38. The second-order valence-corrected chi connectivity index (χ2v) is 7.80. The largest absolute Gasteiger partial charge is 0.388 e. The molecule has 0 aliphatic carbocycles. The lowest BCUT2D eigenvalue weighted by atomic mass is 10.0. The number of nitrogens with zero attached hydrogens (tertiary/aromatic N) is 2. The maximum absolute atomic E-state index is 10.4. The van der Waals surface area contributed by atoms with Gasteiger partial charge in [0.1, 0.15) is 18.3 Å². The van der Waals surface area contributed by atoms with Crippen molar-refractivity contribution in [1.82, 2.24) is 9.80 Å². The Hall–Kier alpha value is -0.780. The molecule has 0 amide bonds. The molecule has 2 fully saturated rings. The predicted octanol–water partition coefficient (Wildman–Crippen LogP) is 3.09. The first-order valence-electron chi connectivity index (χ1n) is 8.45. The molecule has 0 aromatic heterocycles. The summed E-state index contributed by atoms with van der Waals surface area (Å²) in [6.45, 7) is 6.89. The molecule has 0 saturated carbocycles. The van der Waals surface area contributed by atoms with E-state index in [1.807, 2.05) is 18.2 Å². The Kier molecular flexibility index (Phi) is 4.30. The fraction of sp³-hybridized carbons (Fsp3) is 0.556. The zero-order chi connectivity index (χ0) is 17.0. The fourth-order valence-electron chi connectivity index (χ4n) is 3.93. The molecule has 0 radical (unpaired) electrons. The van der Waals surface area contributed by atoms with Gasteiger partial charge in [-0.25, -0.2) is 0 Å². The molecular formula is C18H22Cl2N2O2. The third kappa shape index (κ3) is 2.85. The minimum atomic E-state index is -0.421. The lowest BCUT2D eigenvalue weighted by molar-refractivity contribution is 0.0295. The molecule has 3 aliphatic heterocycles. The SMILES string of the molecule is C[C@H](c1cc(Cl)ccc1Cl)N1CCN2C(=CC3O[C@H]3C(O)[C@H]2C)C1. The molecule has 6 heteroatoms. The van der Waals surface area contributed by atoms with E-state index in [0.717, 1.165) is 30.2 Å². The lowest BCUT2D eigenvalue weighted by Crippen LogP contribution is -2.51. The summed E-state index contributed by atoms with van der Waals surface area (Å²) in [5, 5.41) is 11.8. The van der Waals surface area contributed by atoms with Crippen LogP contribution in [-0.2, 0) is 4.74 Å². The lowest BCUT2D eigenvalue weighted by Gasteiger charge is -2.44. The van der Waals surface area contributed by atoms with E-state index in [-0.39, 0.29) is 24.3 Å². The number of aliphatic hydroxyl groups excluding tert-OH is 1. The molecule has 1 aromatic rings. The van der Waals surface area contributed by atoms with Gasteiger partial charge in [-0.05, 0) is 43.7 Å². The number of epoxide rings is 1. The standard InChI is InChI=1S/C18H22Cl2N2O2/c1-10(14-7-12(19)3-4-15(14)20)21-5-6-22-11(2)17(23)18-16(24-18)8-13(22)9-21/h3-4,7-8,10-11,16-18,23H,5-6,9H2,1-2H3/t10-,11-,16?,17?,18-/m1/s1. The molecule has 2 saturated heterocycles. The predicted molar refractivity (Wildman–Crippen MR) is 95.4 cm³/mol. The topological polar surface area (TPSA) is 39.2 Å². The fourth-order valence-corrected chi connectivity index (χ4v) is 4.38. The van der Waals surface area contributed by atoms with Gasteiger partial charge >= 0.3 is 0 Å². The van der Waals surface area contributed by atoms with Gasteiger partial charge in [0.15, 0.2) is 0 Å². The first-order chi connectivity index (χ1) is 11.5. The van der Waals surface area contributed by atoms with Crippen molar-refractivity contribution in [2.75, 3.05) is 19.6 Å². The summed E-state index contributed by atoms with van der Waals surface area (Å²) in [6.07, 6.45) is 1.78. The van der Waals surface area contributed by atoms with Crippen LogP contribution in [0.2, 0.25) is 10.0 Å². The third-order valence-corrected chi connectivity index (χ3v) is 6.14. The summed E-state index contributed by atoms with van der Waals surface area (Å²) in [4.78, 5) is 4.73. The second kappa shape index (κ2) is 6.19. The van der Waals surface area contributed by atoms with E-state index in [1.165, 1.54) is 5.70 Å². The van der Waals surface area contributed by atoms with Gasteiger partial charge in [-0.3, -0.25) is 4.90 Å². The summed E-state index contributed by atoms with van der Waals surface area (Å²) in [6, 6.07) is 5.89. The van der Waals surface area contributed by atoms with Crippen molar-refractivity contribution in [1.29, 1.82) is 0 Å². The van der Waals surface area contributed by atoms with E-state index in [1.54, 1.807) is 0 Å². The Morgan fingerprint density at radius 1 is 1.29 bits per heavy atom. The average molecular weight is 369 g/mol. The van der Waals surface area contributed by atoms with Gasteiger partial charge in [-0.1, -0.05) is 23.2 Å². The van der Waals surface area contributed by atoms with E-state index >= 15 is 0 Å². The molecule has 3 aliphatic rings. The Morgan fingerprint density at radius 2 is 2.08 bits per heavy atom. The van der Waals surface area contributed by atoms with Crippen LogP contribution in [0.15, 0.2) is 30.0 Å². The van der Waals surface area contributed by atoms with E-state index < -0.39 is 6.10 Å². The zero-order valence-electron chi connectivity index (χ0n) is 13.8. The summed E-state index contributed by atoms with van der Waals surface area (Å²) in [7, 11) is 0. The minimum absolute atomic E-state index is 0.0358. The molecule has 2 unspecified atom stereocenters. The van der Waals surface area contributed by atoms with Crippen molar-refractivity contribution in [2.24, 2.45) is 0 Å². The smallest absolute Gasteiger partial charge is 0.116 e. The van der Waals surface area contributed by atoms with Crippen LogP contribution in [0.3, 0.4) is 0 Å². The number of ether oxygens (including phenoxy) is 1. The normalized spacial score (nSPS) is 34.0. The van der Waals surface area contributed by atoms with Crippen molar-refractivity contribution in [3.63, 3.8) is 0 Å². The van der Waals surface area contributed by atoms with Crippen molar-refractivity contribution in [2.45, 2.75) is 44.2 Å². The van der Waals surface area contributed by atoms with E-state index in [2.05, 4.69) is 29.7 Å². The number of hydrogen-bond donors (Lipinski definition) is 1. The van der Waals surface area contributed by atoms with Crippen LogP contribution in [0.25, 0.3) is 0 Å². The van der Waals surface area contributed by atoms with Crippen LogP contribution in [0.5, 0.6) is 0 Å². The highest BCUT2D eigenvalue weighted by atomic mass is 35.5. The Balaban J connectivity index is 1.56. The summed E-state index contributed by atoms with van der Waals surface area (Å²) in [5.41, 5.74) is 2.29. The quantitative estimate of drug-likeness (QED) is 0.814. The molecule has 0 spiro atoms. The van der Waals surface area contributed by atoms with Gasteiger partial charge < -0.3 is 14.7 Å². The average Bonchev–Trinajstić information content (AvgIpc) is 3.34. The van der Waals surface area contributed by atoms with Crippen molar-refractivity contribution >= 4 is 23.2 Å². The van der Waals surface area contributed by atoms with Gasteiger partial charge in [0.05, 0.1) is 6.04 Å². The Bertz CT molecular complexity index is 681. The summed E-state index contributed by atoms with van der Waals surface area (Å²) in [5.74, 6) is 0. The number of hydrogen-bond acceptors (Lipinski definition) is 4. The van der Waals surface area contributed by atoms with Gasteiger partial charge in [0.25, 0.3) is 0 Å². The Labute approximate surface area is 152 Å². The monoisotopic (exact) mass is 368 g/mol. The van der Waals surface area contributed by atoms with Crippen molar-refractivity contribution in [3.05, 3.63) is 45.6 Å². The molecule has 4 nitrogen and oxygen atoms in total. The van der Waals surface area contributed by atoms with Crippen LogP contribution in [0.4, 0.5) is 0 Å².